The number of ether oxygens (including phenoxy) is 6. The third-order valence-electron chi connectivity index (χ3n) is 23.7. The molecule has 0 aliphatic heterocycles. The van der Waals surface area contributed by atoms with Gasteiger partial charge >= 0.3 is 36.4 Å². The topological polar surface area (TPSA) is 505 Å². The Kier molecular flexibility index (Phi) is 63.6. The van der Waals surface area contributed by atoms with E-state index in [2.05, 4.69) is 120 Å². The number of benzene rings is 3. The van der Waals surface area contributed by atoms with Crippen molar-refractivity contribution in [2.75, 3.05) is 157 Å². The molecule has 3 aromatic rings. The normalized spacial score (nSPS) is 12.7. The Morgan fingerprint density at radius 2 is 0.636 bits per heavy atom. The summed E-state index contributed by atoms with van der Waals surface area (Å²) >= 11 is 0. The lowest BCUT2D eigenvalue weighted by Crippen LogP contribution is -2.45. The summed E-state index contributed by atoms with van der Waals surface area (Å²) in [7, 11) is 11.1. The van der Waals surface area contributed by atoms with Gasteiger partial charge in [0.1, 0.15) is 31.4 Å². The van der Waals surface area contributed by atoms with Gasteiger partial charge in [-0.2, -0.15) is 0 Å². The maximum absolute atomic E-state index is 13.5. The molecule has 38 heteroatoms. The standard InChI is InChI=1S/C38H66N6O9.C34H56N6O7.C29H49N5O5.CH4/c1-9-20-50-22-24-52-25-23-51-21-16-33(46)42-34(28(2)3)32(45)26-30(11-10-17-40-36(39)48)35(47)41-31-14-12-29(13-15-31)27-53-37(49)43(7)18-19-44(8)38(4,5)6;1-9-27(41)16-17-29(43)38-30(23(2)3)28(42)21-25(11-10-18-36-32(35)45)31(44)37-26-14-12-24(13-15-26)22-47-33(46)39(7)19-20-40(8)34(4,5)6;1-20(2)21(3)25(35)18-23(10-9-15-31-27(30)37)26(36)32-24-13-11-22(12-14-24)19-39-28(38)33(7)16-17-34(8)29(4,5)6;/h12-15,28,30,34H,9-11,16-27H2,1-8H3,(H,41,47)(H,42,46)(H3,39,40,48);12-15,23,25,30H,9-11,16-22H2,1-8H3,(H,37,44)(H,38,43)(H3,35,36,45);11-14,20-21,23H,9-10,15-19H2,1-8H3,(H,32,36)(H3,30,31,37);1H4/t30-,34+;25-,30+;21-,23+;/m110./s1. The van der Waals surface area contributed by atoms with E-state index in [1.54, 1.807) is 120 Å². The number of anilines is 3. The molecule has 3 rings (SSSR count). The number of hydrogen-bond donors (Lipinski definition) is 11. The fraction of sp³-hybridized carbons (Fsp3) is 0.676. The number of likely N-dealkylation sites (N-methyl/N-ethyl adjacent to an activating group) is 6. The minimum atomic E-state index is -0.821. The highest BCUT2D eigenvalue weighted by atomic mass is 16.6. The van der Waals surface area contributed by atoms with Crippen molar-refractivity contribution in [1.29, 1.82) is 0 Å². The van der Waals surface area contributed by atoms with Gasteiger partial charge in [0.05, 0.1) is 45.1 Å². The van der Waals surface area contributed by atoms with Crippen LogP contribution >= 0.6 is 0 Å². The van der Waals surface area contributed by atoms with Crippen molar-refractivity contribution in [3.05, 3.63) is 89.5 Å². The Hall–Kier alpha value is -10.9. The first-order valence-corrected chi connectivity index (χ1v) is 48.6. The van der Waals surface area contributed by atoms with Gasteiger partial charge in [-0.25, -0.2) is 28.8 Å². The van der Waals surface area contributed by atoms with Crippen LogP contribution in [-0.4, -0.2) is 288 Å². The molecule has 38 nitrogen and oxygen atoms in total. The summed E-state index contributed by atoms with van der Waals surface area (Å²) < 4.78 is 32.6. The first-order valence-electron chi connectivity index (χ1n) is 48.6. The van der Waals surface area contributed by atoms with Crippen LogP contribution in [0, 0.1) is 41.4 Å². The van der Waals surface area contributed by atoms with Crippen molar-refractivity contribution in [2.24, 2.45) is 58.6 Å². The number of amides is 14. The van der Waals surface area contributed by atoms with Crippen molar-refractivity contribution in [3.63, 3.8) is 0 Å². The maximum Gasteiger partial charge on any atom is 0.409 e. The number of urea groups is 3. The van der Waals surface area contributed by atoms with Crippen LogP contribution in [0.3, 0.4) is 0 Å². The lowest BCUT2D eigenvalue weighted by molar-refractivity contribution is -0.131. The molecule has 0 heterocycles. The maximum atomic E-state index is 13.5. The Labute approximate surface area is 833 Å². The predicted octanol–water partition coefficient (Wildman–Crippen LogP) is 12.7. The second-order valence-electron chi connectivity index (χ2n) is 39.3. The second-order valence-corrected chi connectivity index (χ2v) is 39.3. The highest BCUT2D eigenvalue weighted by Crippen LogP contribution is 2.26. The van der Waals surface area contributed by atoms with Crippen LogP contribution in [0.25, 0.3) is 0 Å². The van der Waals surface area contributed by atoms with Crippen LogP contribution in [0.5, 0.6) is 0 Å². The molecule has 0 aliphatic carbocycles. The SMILES string of the molecule is C.CC(C)[C@H](C)C(=O)C[C@@H](CCCNC(N)=O)C(=O)Nc1ccc(COC(=O)N(C)CCN(C)C(C)(C)C)cc1.CCC(=O)CCC(=O)N[C@H](C(=O)C[C@@H](CCCNC(N)=O)C(=O)Nc1ccc(COC(=O)N(C)CCN(C)C(C)(C)C)cc1)C(C)C.CCCOCCOCCOCCC(=O)N[C@H](C(=O)C[C@@H](CCCNC(N)=O)C(=O)Nc1ccc(COC(=O)N(C)CCN(C)C(C)(C)C)cc1)C(C)C. The molecule has 794 valence electrons. The molecule has 0 fully saturated rings. The lowest BCUT2D eigenvalue weighted by atomic mass is 9.86. The zero-order valence-electron chi connectivity index (χ0n) is 87.7. The van der Waals surface area contributed by atoms with Gasteiger partial charge in [0.25, 0.3) is 0 Å². The van der Waals surface area contributed by atoms with E-state index in [0.717, 1.165) is 29.7 Å². The largest absolute Gasteiger partial charge is 0.445 e. The fourth-order valence-corrected chi connectivity index (χ4v) is 12.9. The van der Waals surface area contributed by atoms with E-state index < -0.39 is 72.1 Å². The third-order valence-corrected chi connectivity index (χ3v) is 23.7. The van der Waals surface area contributed by atoms with Gasteiger partial charge in [0, 0.05) is 189 Å². The number of Topliss-reactive ketones (excluding diaryl/α,β-unsaturated/α-hetero) is 4. The molecule has 0 saturated heterocycles. The highest BCUT2D eigenvalue weighted by molar-refractivity contribution is 5.99. The summed E-state index contributed by atoms with van der Waals surface area (Å²) in [5.74, 6) is -4.74. The van der Waals surface area contributed by atoms with E-state index in [1.165, 1.54) is 9.80 Å². The van der Waals surface area contributed by atoms with Gasteiger partial charge in [-0.1, -0.05) is 106 Å². The van der Waals surface area contributed by atoms with Gasteiger partial charge in [-0.3, -0.25) is 57.9 Å². The number of hydrogen-bond acceptors (Lipinski definition) is 24. The molecule has 14 amide bonds. The number of nitrogens with one attached hydrogen (secondary N) is 8. The van der Waals surface area contributed by atoms with Gasteiger partial charge in [0.2, 0.25) is 29.5 Å². The number of carbonyl (C=O) groups excluding carboxylic acids is 15. The lowest BCUT2D eigenvalue weighted by Gasteiger charge is -2.33. The van der Waals surface area contributed by atoms with Crippen molar-refractivity contribution >= 4 is 106 Å². The summed E-state index contributed by atoms with van der Waals surface area (Å²) in [6, 6.07) is 17.2. The van der Waals surface area contributed by atoms with Crippen LogP contribution in [0.1, 0.15) is 239 Å². The third kappa shape index (κ3) is 57.7. The number of primary amides is 3. The van der Waals surface area contributed by atoms with Gasteiger partial charge in [-0.05, 0) is 199 Å². The first kappa shape index (κ1) is 129. The molecule has 0 saturated carbocycles. The van der Waals surface area contributed by atoms with Crippen molar-refractivity contribution < 1.29 is 100 Å². The minimum absolute atomic E-state index is 0. The summed E-state index contributed by atoms with van der Waals surface area (Å²) in [5.41, 5.74) is 19.3. The molecule has 0 aliphatic rings. The summed E-state index contributed by atoms with van der Waals surface area (Å²) in [6.45, 7) is 43.2. The monoisotopic (exact) mass is 1970 g/mol. The quantitative estimate of drug-likeness (QED) is 0.0185. The minimum Gasteiger partial charge on any atom is -0.445 e. The second kappa shape index (κ2) is 69.0. The van der Waals surface area contributed by atoms with Crippen LogP contribution in [0.15, 0.2) is 72.8 Å². The number of ketones is 4. The van der Waals surface area contributed by atoms with E-state index in [4.69, 9.17) is 45.6 Å². The zero-order valence-corrected chi connectivity index (χ0v) is 87.7. The Bertz CT molecular complexity index is 4210. The molecular weight excluding hydrogens is 1800 g/mol. The van der Waals surface area contributed by atoms with Crippen LogP contribution in [0.4, 0.5) is 45.8 Å². The first-order chi connectivity index (χ1) is 65.1. The average molecular weight is 1980 g/mol. The Morgan fingerprint density at radius 3 is 0.900 bits per heavy atom. The fourth-order valence-electron chi connectivity index (χ4n) is 12.9. The molecule has 140 heavy (non-hydrogen) atoms. The van der Waals surface area contributed by atoms with Gasteiger partial charge < -0.3 is 103 Å². The van der Waals surface area contributed by atoms with Crippen molar-refractivity contribution in [1.82, 2.24) is 56.0 Å². The molecular formula is C102H175N17O21. The number of rotatable bonds is 62. The number of carbonyl (C=O) groups is 15. The highest BCUT2D eigenvalue weighted by Gasteiger charge is 2.34. The average Bonchev–Trinajstić information content (AvgIpc) is 0.894. The number of nitrogens with two attached hydrogens (primary N) is 3. The molecule has 0 aromatic heterocycles. The molecule has 3 aromatic carbocycles. The summed E-state index contributed by atoms with van der Waals surface area (Å²) in [5, 5.41) is 21.7. The van der Waals surface area contributed by atoms with Crippen LogP contribution < -0.4 is 59.7 Å². The Morgan fingerprint density at radius 1 is 0.357 bits per heavy atom. The molecule has 0 bridgehead atoms. The zero-order chi connectivity index (χ0) is 105. The van der Waals surface area contributed by atoms with Crippen LogP contribution in [0.2, 0.25) is 0 Å². The van der Waals surface area contributed by atoms with E-state index in [0.29, 0.717) is 128 Å². The molecule has 0 unspecified atom stereocenters. The molecule has 0 spiro atoms. The van der Waals surface area contributed by atoms with E-state index in [9.17, 15) is 71.9 Å². The van der Waals surface area contributed by atoms with Crippen LogP contribution in [-0.2, 0) is 91.4 Å². The predicted molar refractivity (Wildman–Crippen MR) is 547 cm³/mol. The van der Waals surface area contributed by atoms with Crippen molar-refractivity contribution in [2.45, 2.75) is 270 Å². The summed E-state index contributed by atoms with van der Waals surface area (Å²) in [6.07, 6.45) is 2.43. The molecule has 6 atom stereocenters. The van der Waals surface area contributed by atoms with Gasteiger partial charge in [-0.15, -0.1) is 0 Å². The van der Waals surface area contributed by atoms with E-state index in [-0.39, 0.29) is 179 Å². The molecule has 0 radical (unpaired) electrons. The number of nitrogens with zero attached hydrogens (tertiary/aromatic N) is 6. The van der Waals surface area contributed by atoms with Gasteiger partial charge in [0.15, 0.2) is 11.6 Å². The Balaban J connectivity index is 0.00000209. The molecule has 14 N–H and O–H groups in total. The van der Waals surface area contributed by atoms with E-state index >= 15 is 0 Å². The smallest absolute Gasteiger partial charge is 0.409 e. The van der Waals surface area contributed by atoms with Crippen molar-refractivity contribution in [3.8, 4) is 0 Å². The summed E-state index contributed by atoms with van der Waals surface area (Å²) in [4.78, 5) is 198. The van der Waals surface area contributed by atoms with E-state index in [1.807, 2.05) is 62.7 Å².